The molecule has 4 rings (SSSR count). The van der Waals surface area contributed by atoms with Crippen molar-refractivity contribution in [3.05, 3.63) is 71.2 Å². The van der Waals surface area contributed by atoms with E-state index in [1.54, 1.807) is 30.0 Å². The molecule has 34 heavy (non-hydrogen) atoms. The summed E-state index contributed by atoms with van der Waals surface area (Å²) in [7, 11) is 0. The van der Waals surface area contributed by atoms with Gasteiger partial charge < -0.3 is 10.3 Å². The van der Waals surface area contributed by atoms with Crippen LogP contribution in [0.15, 0.2) is 60.7 Å². The quantitative estimate of drug-likeness (QED) is 0.362. The fourth-order valence-corrected chi connectivity index (χ4v) is 4.58. The molecule has 172 valence electrons. The molecule has 1 unspecified atom stereocenters. The number of carbonyl (C=O) groups is 2. The minimum absolute atomic E-state index is 0.123. The van der Waals surface area contributed by atoms with Crippen molar-refractivity contribution in [1.82, 2.24) is 4.57 Å². The molecule has 6 nitrogen and oxygen atoms in total. The summed E-state index contributed by atoms with van der Waals surface area (Å²) in [5.74, 6) is -1.07. The summed E-state index contributed by atoms with van der Waals surface area (Å²) in [5.41, 5.74) is 9.09. The Balaban J connectivity index is 1.88. The highest BCUT2D eigenvalue weighted by atomic mass is 35.5. The number of benzene rings is 3. The molecule has 0 saturated heterocycles. The maximum absolute atomic E-state index is 13.6. The van der Waals surface area contributed by atoms with Crippen molar-refractivity contribution >= 4 is 56.6 Å². The lowest BCUT2D eigenvalue weighted by Gasteiger charge is -2.26. The minimum atomic E-state index is -0.449. The lowest BCUT2D eigenvalue weighted by atomic mass is 10.0. The van der Waals surface area contributed by atoms with Gasteiger partial charge in [-0.3, -0.25) is 14.5 Å². The summed E-state index contributed by atoms with van der Waals surface area (Å²) >= 11 is 6.32. The third kappa shape index (κ3) is 4.23. The second-order valence-corrected chi connectivity index (χ2v) is 8.73. The van der Waals surface area contributed by atoms with Gasteiger partial charge in [-0.2, -0.15) is 5.26 Å². The summed E-state index contributed by atoms with van der Waals surface area (Å²) in [6.45, 7) is 4.71. The predicted molar refractivity (Wildman–Crippen MR) is 136 cm³/mol. The molecular formula is C27H25ClN4O2. The van der Waals surface area contributed by atoms with Gasteiger partial charge in [-0.1, -0.05) is 36.7 Å². The number of aromatic nitrogens is 1. The minimum Gasteiger partial charge on any atom is -0.370 e. The number of carbonyl (C=O) groups excluding carboxylic acids is 2. The highest BCUT2D eigenvalue weighted by molar-refractivity contribution is 6.32. The second-order valence-electron chi connectivity index (χ2n) is 8.32. The number of hydrogen-bond acceptors (Lipinski definition) is 3. The van der Waals surface area contributed by atoms with Crippen LogP contribution in [0, 0.1) is 17.2 Å². The first-order valence-corrected chi connectivity index (χ1v) is 11.6. The second kappa shape index (κ2) is 9.58. The molecule has 0 saturated carbocycles. The fraction of sp³-hybridized carbons (Fsp3) is 0.222. The van der Waals surface area contributed by atoms with Crippen LogP contribution in [0.25, 0.3) is 21.8 Å². The molecule has 3 aromatic carbocycles. The van der Waals surface area contributed by atoms with E-state index in [1.165, 1.54) is 0 Å². The number of amides is 2. The van der Waals surface area contributed by atoms with Crippen LogP contribution in [-0.2, 0) is 16.1 Å². The van der Waals surface area contributed by atoms with Gasteiger partial charge in [-0.05, 0) is 55.8 Å². The van der Waals surface area contributed by atoms with Crippen LogP contribution in [0.3, 0.4) is 0 Å². The zero-order valence-corrected chi connectivity index (χ0v) is 19.8. The molecule has 4 aromatic rings. The number of fused-ring (bicyclic) bond motifs is 3. The Morgan fingerprint density at radius 3 is 2.41 bits per heavy atom. The van der Waals surface area contributed by atoms with Gasteiger partial charge in [0.1, 0.15) is 6.07 Å². The molecule has 1 atom stereocenters. The van der Waals surface area contributed by atoms with Crippen molar-refractivity contribution in [2.24, 2.45) is 11.7 Å². The standard InChI is InChI=1S/C27H25ClN4O2/c1-3-31-24-7-5-4-6-21(24)22-14-19(11-12-25(22)31)32(27(34)17(2)8-13-26(30)33)20-10-9-18(16-29)23(28)15-20/h4-7,9-12,14-15,17H,3,8,13H2,1-2H3,(H2,30,33). The van der Waals surface area contributed by atoms with E-state index in [0.29, 0.717) is 23.4 Å². The third-order valence-electron chi connectivity index (χ3n) is 6.13. The van der Waals surface area contributed by atoms with Crippen LogP contribution in [0.5, 0.6) is 0 Å². The predicted octanol–water partition coefficient (Wildman–Crippen LogP) is 5.91. The number of hydrogen-bond donors (Lipinski definition) is 1. The number of nitrogens with two attached hydrogens (primary N) is 1. The van der Waals surface area contributed by atoms with E-state index in [2.05, 4.69) is 23.6 Å². The summed E-state index contributed by atoms with van der Waals surface area (Å²) in [5, 5.41) is 11.7. The van der Waals surface area contributed by atoms with Gasteiger partial charge in [0.15, 0.2) is 0 Å². The molecule has 0 spiro atoms. The number of halogens is 1. The van der Waals surface area contributed by atoms with Crippen molar-refractivity contribution in [2.45, 2.75) is 33.2 Å². The van der Waals surface area contributed by atoms with Crippen LogP contribution < -0.4 is 10.6 Å². The van der Waals surface area contributed by atoms with Crippen molar-refractivity contribution in [2.75, 3.05) is 4.90 Å². The van der Waals surface area contributed by atoms with Crippen LogP contribution in [0.1, 0.15) is 32.3 Å². The molecule has 0 fully saturated rings. The van der Waals surface area contributed by atoms with E-state index in [9.17, 15) is 14.9 Å². The van der Waals surface area contributed by atoms with Crippen molar-refractivity contribution in [3.8, 4) is 6.07 Å². The number of para-hydroxylation sites is 1. The summed E-state index contributed by atoms with van der Waals surface area (Å²) in [6.07, 6.45) is 0.462. The Hall–Kier alpha value is -3.82. The van der Waals surface area contributed by atoms with E-state index < -0.39 is 11.8 Å². The molecule has 1 heterocycles. The normalized spacial score (nSPS) is 11.9. The summed E-state index contributed by atoms with van der Waals surface area (Å²) in [6, 6.07) is 21.1. The first-order chi connectivity index (χ1) is 16.3. The first-order valence-electron chi connectivity index (χ1n) is 11.2. The molecule has 2 amide bonds. The van der Waals surface area contributed by atoms with Gasteiger partial charge in [-0.25, -0.2) is 0 Å². The number of anilines is 2. The maximum Gasteiger partial charge on any atom is 0.234 e. The summed E-state index contributed by atoms with van der Waals surface area (Å²) < 4.78 is 2.24. The first kappa shape index (κ1) is 23.3. The Morgan fingerprint density at radius 2 is 1.74 bits per heavy atom. The van der Waals surface area contributed by atoms with Crippen LogP contribution in [0.2, 0.25) is 5.02 Å². The van der Waals surface area contributed by atoms with Crippen molar-refractivity contribution in [1.29, 1.82) is 5.26 Å². The smallest absolute Gasteiger partial charge is 0.234 e. The maximum atomic E-state index is 13.6. The van der Waals surface area contributed by atoms with E-state index >= 15 is 0 Å². The number of nitrogens with zero attached hydrogens (tertiary/aromatic N) is 3. The Kier molecular flexibility index (Phi) is 6.58. The Labute approximate surface area is 203 Å². The topological polar surface area (TPSA) is 92.1 Å². The molecule has 0 aliphatic carbocycles. The van der Waals surface area contributed by atoms with Gasteiger partial charge in [0.25, 0.3) is 0 Å². The zero-order valence-electron chi connectivity index (χ0n) is 19.1. The molecule has 0 aliphatic rings. The number of aryl methyl sites for hydroxylation is 1. The third-order valence-corrected chi connectivity index (χ3v) is 6.44. The highest BCUT2D eigenvalue weighted by Gasteiger charge is 2.25. The molecule has 7 heteroatoms. The molecular weight excluding hydrogens is 448 g/mol. The van der Waals surface area contributed by atoms with E-state index in [1.807, 2.05) is 36.4 Å². The molecule has 0 radical (unpaired) electrons. The largest absolute Gasteiger partial charge is 0.370 e. The van der Waals surface area contributed by atoms with Crippen LogP contribution >= 0.6 is 11.6 Å². The van der Waals surface area contributed by atoms with Gasteiger partial charge in [-0.15, -0.1) is 0 Å². The zero-order chi connectivity index (χ0) is 24.4. The van der Waals surface area contributed by atoms with Gasteiger partial charge >= 0.3 is 0 Å². The van der Waals surface area contributed by atoms with Crippen molar-refractivity contribution < 1.29 is 9.59 Å². The molecule has 2 N–H and O–H groups in total. The SMILES string of the molecule is CCn1c2ccccc2c2cc(N(C(=O)C(C)CCC(N)=O)c3ccc(C#N)c(Cl)c3)ccc21. The van der Waals surface area contributed by atoms with E-state index in [-0.39, 0.29) is 17.4 Å². The van der Waals surface area contributed by atoms with Crippen LogP contribution in [-0.4, -0.2) is 16.4 Å². The van der Waals surface area contributed by atoms with Gasteiger partial charge in [0, 0.05) is 46.4 Å². The van der Waals surface area contributed by atoms with Gasteiger partial charge in [0.2, 0.25) is 11.8 Å². The fourth-order valence-electron chi connectivity index (χ4n) is 4.36. The average molecular weight is 473 g/mol. The van der Waals surface area contributed by atoms with Crippen LogP contribution in [0.4, 0.5) is 11.4 Å². The average Bonchev–Trinajstić information content (AvgIpc) is 3.15. The molecule has 1 aromatic heterocycles. The highest BCUT2D eigenvalue weighted by Crippen LogP contribution is 2.36. The lowest BCUT2D eigenvalue weighted by molar-refractivity contribution is -0.122. The number of primary amides is 1. The Bertz CT molecular complexity index is 1450. The Morgan fingerprint density at radius 1 is 1.06 bits per heavy atom. The van der Waals surface area contributed by atoms with E-state index in [4.69, 9.17) is 17.3 Å². The lowest BCUT2D eigenvalue weighted by Crippen LogP contribution is -2.32. The number of nitriles is 1. The number of rotatable bonds is 7. The van der Waals surface area contributed by atoms with Gasteiger partial charge in [0.05, 0.1) is 16.3 Å². The van der Waals surface area contributed by atoms with Crippen molar-refractivity contribution in [3.63, 3.8) is 0 Å². The molecule has 0 aliphatic heterocycles. The monoisotopic (exact) mass is 472 g/mol. The molecule has 0 bridgehead atoms. The summed E-state index contributed by atoms with van der Waals surface area (Å²) in [4.78, 5) is 26.6. The van der Waals surface area contributed by atoms with E-state index in [0.717, 1.165) is 28.4 Å².